The van der Waals surface area contributed by atoms with Crippen molar-refractivity contribution < 1.29 is 24.2 Å². The first-order valence-electron chi connectivity index (χ1n) is 9.73. The van der Waals surface area contributed by atoms with E-state index in [1.165, 1.54) is 4.90 Å². The molecule has 0 fully saturated rings. The summed E-state index contributed by atoms with van der Waals surface area (Å²) in [6, 6.07) is 6.71. The van der Waals surface area contributed by atoms with Crippen LogP contribution in [0.5, 0.6) is 5.75 Å². The molecule has 1 N–H and O–H groups in total. The molecule has 1 aromatic rings. The fourth-order valence-electron chi connectivity index (χ4n) is 3.14. The second kappa shape index (κ2) is 9.24. The standard InChI is InChI=1S/C22H31NO5/c1-6-7-13-28-16-10-8-15(9-11-16)18-17(20(25)22(2,3)4)19(24)21(26)23(18)12-14-27-5/h8-11,18,24H,6-7,12-14H2,1-5H3. The van der Waals surface area contributed by atoms with Gasteiger partial charge in [-0.2, -0.15) is 0 Å². The van der Waals surface area contributed by atoms with Crippen LogP contribution in [-0.4, -0.2) is 48.6 Å². The lowest BCUT2D eigenvalue weighted by atomic mass is 9.82. The number of benzene rings is 1. The molecule has 0 saturated heterocycles. The number of hydrogen-bond donors (Lipinski definition) is 1. The molecule has 1 aromatic carbocycles. The SMILES string of the molecule is CCCCOc1ccc(C2C(C(=O)C(C)(C)C)=C(O)C(=O)N2CCOC)cc1. The molecule has 1 amide bonds. The number of ketones is 1. The Kier molecular flexibility index (Phi) is 7.24. The normalized spacial score (nSPS) is 17.4. The topological polar surface area (TPSA) is 76.1 Å². The van der Waals surface area contributed by atoms with E-state index in [9.17, 15) is 14.7 Å². The Morgan fingerprint density at radius 1 is 1.18 bits per heavy atom. The van der Waals surface area contributed by atoms with Crippen molar-refractivity contribution in [3.05, 3.63) is 41.2 Å². The Bertz CT molecular complexity index is 730. The summed E-state index contributed by atoms with van der Waals surface area (Å²) < 4.78 is 10.8. The van der Waals surface area contributed by atoms with E-state index in [2.05, 4.69) is 6.92 Å². The number of unbranched alkanes of at least 4 members (excludes halogenated alkanes) is 1. The van der Waals surface area contributed by atoms with E-state index >= 15 is 0 Å². The molecule has 0 spiro atoms. The van der Waals surface area contributed by atoms with E-state index in [0.29, 0.717) is 13.2 Å². The molecule has 28 heavy (non-hydrogen) atoms. The van der Waals surface area contributed by atoms with Crippen LogP contribution in [0.15, 0.2) is 35.6 Å². The predicted molar refractivity (Wildman–Crippen MR) is 107 cm³/mol. The second-order valence-electron chi connectivity index (χ2n) is 8.01. The molecule has 0 aromatic heterocycles. The number of carbonyl (C=O) groups excluding carboxylic acids is 2. The fraction of sp³-hybridized carbons (Fsp3) is 0.545. The van der Waals surface area contributed by atoms with Gasteiger partial charge in [0.05, 0.1) is 24.8 Å². The van der Waals surface area contributed by atoms with Crippen LogP contribution < -0.4 is 4.74 Å². The number of carbonyl (C=O) groups is 2. The van der Waals surface area contributed by atoms with Gasteiger partial charge >= 0.3 is 0 Å². The van der Waals surface area contributed by atoms with Gasteiger partial charge in [0, 0.05) is 19.1 Å². The summed E-state index contributed by atoms with van der Waals surface area (Å²) in [4.78, 5) is 27.2. The summed E-state index contributed by atoms with van der Waals surface area (Å²) in [6.07, 6.45) is 2.03. The number of aliphatic hydroxyl groups is 1. The minimum atomic E-state index is -0.720. The first kappa shape index (κ1) is 22.0. The van der Waals surface area contributed by atoms with Crippen molar-refractivity contribution >= 4 is 11.7 Å². The van der Waals surface area contributed by atoms with Crippen molar-refractivity contribution in [1.29, 1.82) is 0 Å². The zero-order chi connectivity index (χ0) is 20.9. The fourth-order valence-corrected chi connectivity index (χ4v) is 3.14. The van der Waals surface area contributed by atoms with Crippen molar-refractivity contribution in [3.8, 4) is 5.75 Å². The third-order valence-corrected chi connectivity index (χ3v) is 4.73. The Balaban J connectivity index is 2.39. The third-order valence-electron chi connectivity index (χ3n) is 4.73. The minimum Gasteiger partial charge on any atom is -0.503 e. The highest BCUT2D eigenvalue weighted by Crippen LogP contribution is 2.41. The Labute approximate surface area is 167 Å². The molecule has 2 rings (SSSR count). The quantitative estimate of drug-likeness (QED) is 0.650. The Morgan fingerprint density at radius 2 is 1.82 bits per heavy atom. The number of ether oxygens (including phenoxy) is 2. The molecule has 0 bridgehead atoms. The summed E-state index contributed by atoms with van der Waals surface area (Å²) in [5, 5.41) is 10.5. The summed E-state index contributed by atoms with van der Waals surface area (Å²) in [5.74, 6) is -0.518. The molecule has 6 nitrogen and oxygen atoms in total. The largest absolute Gasteiger partial charge is 0.503 e. The average molecular weight is 389 g/mol. The van der Waals surface area contributed by atoms with Crippen LogP contribution in [0.1, 0.15) is 52.1 Å². The zero-order valence-corrected chi connectivity index (χ0v) is 17.4. The number of hydrogen-bond acceptors (Lipinski definition) is 5. The van der Waals surface area contributed by atoms with Crippen molar-refractivity contribution in [2.75, 3.05) is 26.9 Å². The van der Waals surface area contributed by atoms with E-state index < -0.39 is 23.1 Å². The minimum absolute atomic E-state index is 0.147. The van der Waals surface area contributed by atoms with E-state index in [1.807, 2.05) is 24.3 Å². The number of amides is 1. The third kappa shape index (κ3) is 4.73. The molecule has 1 atom stereocenters. The van der Waals surface area contributed by atoms with Gasteiger partial charge in [-0.1, -0.05) is 46.2 Å². The van der Waals surface area contributed by atoms with Gasteiger partial charge in [0.2, 0.25) is 0 Å². The summed E-state index contributed by atoms with van der Waals surface area (Å²) in [7, 11) is 1.55. The molecule has 0 radical (unpaired) electrons. The summed E-state index contributed by atoms with van der Waals surface area (Å²) in [6.45, 7) is 8.67. The maximum Gasteiger partial charge on any atom is 0.290 e. The Morgan fingerprint density at radius 3 is 2.36 bits per heavy atom. The lowest BCUT2D eigenvalue weighted by Crippen LogP contribution is -2.35. The molecule has 0 aliphatic carbocycles. The molecule has 1 heterocycles. The first-order chi connectivity index (χ1) is 13.2. The van der Waals surface area contributed by atoms with Gasteiger partial charge in [0.1, 0.15) is 5.75 Å². The molecular weight excluding hydrogens is 358 g/mol. The van der Waals surface area contributed by atoms with E-state index in [1.54, 1.807) is 27.9 Å². The number of rotatable bonds is 9. The number of aliphatic hydroxyl groups excluding tert-OH is 1. The highest BCUT2D eigenvalue weighted by Gasteiger charge is 2.45. The monoisotopic (exact) mass is 389 g/mol. The van der Waals surface area contributed by atoms with Gasteiger partial charge in [-0.15, -0.1) is 0 Å². The van der Waals surface area contributed by atoms with Crippen molar-refractivity contribution in [1.82, 2.24) is 4.90 Å². The van der Waals surface area contributed by atoms with E-state index in [4.69, 9.17) is 9.47 Å². The summed E-state index contributed by atoms with van der Waals surface area (Å²) in [5.41, 5.74) is 0.180. The van der Waals surface area contributed by atoms with Crippen LogP contribution in [-0.2, 0) is 14.3 Å². The second-order valence-corrected chi connectivity index (χ2v) is 8.01. The molecular formula is C22H31NO5. The van der Waals surface area contributed by atoms with Gasteiger partial charge < -0.3 is 19.5 Å². The molecule has 1 aliphatic heterocycles. The van der Waals surface area contributed by atoms with E-state index in [0.717, 1.165) is 24.2 Å². The van der Waals surface area contributed by atoms with Crippen LogP contribution in [0, 0.1) is 5.41 Å². The highest BCUT2D eigenvalue weighted by atomic mass is 16.5. The molecule has 6 heteroatoms. The Hall–Kier alpha value is -2.34. The molecule has 1 aliphatic rings. The van der Waals surface area contributed by atoms with Gasteiger partial charge in [0.15, 0.2) is 11.5 Å². The van der Waals surface area contributed by atoms with Gasteiger partial charge in [-0.3, -0.25) is 9.59 Å². The van der Waals surface area contributed by atoms with Crippen LogP contribution in [0.4, 0.5) is 0 Å². The smallest absolute Gasteiger partial charge is 0.290 e. The van der Waals surface area contributed by atoms with Crippen LogP contribution >= 0.6 is 0 Å². The molecule has 1 unspecified atom stereocenters. The number of nitrogens with zero attached hydrogens (tertiary/aromatic N) is 1. The first-order valence-corrected chi connectivity index (χ1v) is 9.73. The maximum atomic E-state index is 13.0. The zero-order valence-electron chi connectivity index (χ0n) is 17.4. The highest BCUT2D eigenvalue weighted by molar-refractivity contribution is 6.10. The van der Waals surface area contributed by atoms with Crippen LogP contribution in [0.25, 0.3) is 0 Å². The van der Waals surface area contributed by atoms with Crippen molar-refractivity contribution in [2.45, 2.75) is 46.6 Å². The van der Waals surface area contributed by atoms with Crippen LogP contribution in [0.3, 0.4) is 0 Å². The van der Waals surface area contributed by atoms with Gasteiger partial charge in [-0.05, 0) is 24.1 Å². The lowest BCUT2D eigenvalue weighted by Gasteiger charge is -2.28. The number of Topliss-reactive ketones (excluding diaryl/α,β-unsaturated/α-hetero) is 1. The molecule has 154 valence electrons. The lowest BCUT2D eigenvalue weighted by molar-refractivity contribution is -0.130. The van der Waals surface area contributed by atoms with Crippen molar-refractivity contribution in [3.63, 3.8) is 0 Å². The maximum absolute atomic E-state index is 13.0. The predicted octanol–water partition coefficient (Wildman–Crippen LogP) is 3.82. The van der Waals surface area contributed by atoms with E-state index in [-0.39, 0.29) is 17.9 Å². The average Bonchev–Trinajstić information content (AvgIpc) is 2.90. The molecule has 0 saturated carbocycles. The number of methoxy groups -OCH3 is 1. The van der Waals surface area contributed by atoms with Crippen LogP contribution in [0.2, 0.25) is 0 Å². The summed E-state index contributed by atoms with van der Waals surface area (Å²) >= 11 is 0. The van der Waals surface area contributed by atoms with Gasteiger partial charge in [-0.25, -0.2) is 0 Å². The van der Waals surface area contributed by atoms with Crippen molar-refractivity contribution in [2.24, 2.45) is 5.41 Å². The van der Waals surface area contributed by atoms with Gasteiger partial charge in [0.25, 0.3) is 5.91 Å².